The molecule has 0 aromatic heterocycles. The summed E-state index contributed by atoms with van der Waals surface area (Å²) in [4.78, 5) is 0. The highest BCUT2D eigenvalue weighted by atomic mass is 16.5. The fourth-order valence-electron chi connectivity index (χ4n) is 2.63. The lowest BCUT2D eigenvalue weighted by Gasteiger charge is -2.46. The zero-order valence-electron chi connectivity index (χ0n) is 8.76. The average Bonchev–Trinajstić information content (AvgIpc) is 2.50. The third kappa shape index (κ3) is 1.10. The molecule has 1 spiro atoms. The van der Waals surface area contributed by atoms with Crippen LogP contribution in [0.3, 0.4) is 0 Å². The molecule has 0 amide bonds. The van der Waals surface area contributed by atoms with Crippen molar-refractivity contribution < 1.29 is 4.74 Å². The Morgan fingerprint density at radius 1 is 1.38 bits per heavy atom. The molecule has 0 fully saturated rings. The molecule has 1 heteroatoms. The SMILES string of the molecule is CC1=CCCC(C)(C)[C@]12C=CCO2. The Hall–Kier alpha value is -0.560. The smallest absolute Gasteiger partial charge is 0.113 e. The van der Waals surface area contributed by atoms with Crippen molar-refractivity contribution in [3.05, 3.63) is 23.8 Å². The van der Waals surface area contributed by atoms with Gasteiger partial charge in [0.05, 0.1) is 6.61 Å². The highest BCUT2D eigenvalue weighted by Gasteiger charge is 2.48. The molecule has 72 valence electrons. The van der Waals surface area contributed by atoms with Crippen molar-refractivity contribution in [2.24, 2.45) is 5.41 Å². The molecular formula is C12H18O. The second-order valence-electron chi connectivity index (χ2n) is 4.76. The molecule has 0 aromatic rings. The molecule has 1 atom stereocenters. The summed E-state index contributed by atoms with van der Waals surface area (Å²) in [7, 11) is 0. The van der Waals surface area contributed by atoms with Gasteiger partial charge in [0.25, 0.3) is 0 Å². The molecule has 0 N–H and O–H groups in total. The molecular weight excluding hydrogens is 160 g/mol. The fourth-order valence-corrected chi connectivity index (χ4v) is 2.63. The highest BCUT2D eigenvalue weighted by molar-refractivity contribution is 5.33. The summed E-state index contributed by atoms with van der Waals surface area (Å²) in [6.45, 7) is 7.57. The van der Waals surface area contributed by atoms with Crippen LogP contribution in [-0.2, 0) is 4.74 Å². The van der Waals surface area contributed by atoms with E-state index in [0.29, 0.717) is 0 Å². The standard InChI is InChI=1S/C12H18O/c1-10-6-4-7-11(2,3)12(10)8-5-9-13-12/h5-6,8H,4,7,9H2,1-3H3/t12-/m0/s1. The van der Waals surface area contributed by atoms with Gasteiger partial charge in [-0.1, -0.05) is 26.0 Å². The first-order chi connectivity index (χ1) is 6.08. The molecule has 2 aliphatic rings. The summed E-state index contributed by atoms with van der Waals surface area (Å²) >= 11 is 0. The van der Waals surface area contributed by atoms with Crippen LogP contribution in [-0.4, -0.2) is 12.2 Å². The van der Waals surface area contributed by atoms with Crippen molar-refractivity contribution in [3.8, 4) is 0 Å². The van der Waals surface area contributed by atoms with Gasteiger partial charge in [-0.15, -0.1) is 0 Å². The molecule has 0 saturated carbocycles. The zero-order valence-corrected chi connectivity index (χ0v) is 8.76. The third-order valence-corrected chi connectivity index (χ3v) is 3.57. The summed E-state index contributed by atoms with van der Waals surface area (Å²) < 4.78 is 5.93. The van der Waals surface area contributed by atoms with Crippen LogP contribution in [0.4, 0.5) is 0 Å². The Kier molecular flexibility index (Phi) is 1.88. The molecule has 0 radical (unpaired) electrons. The van der Waals surface area contributed by atoms with Crippen molar-refractivity contribution in [3.63, 3.8) is 0 Å². The monoisotopic (exact) mass is 178 g/mol. The van der Waals surface area contributed by atoms with E-state index in [1.165, 1.54) is 18.4 Å². The second-order valence-corrected chi connectivity index (χ2v) is 4.76. The van der Waals surface area contributed by atoms with Crippen LogP contribution in [0.5, 0.6) is 0 Å². The first kappa shape index (κ1) is 9.01. The quantitative estimate of drug-likeness (QED) is 0.518. The summed E-state index contributed by atoms with van der Waals surface area (Å²) in [5.41, 5.74) is 1.54. The lowest BCUT2D eigenvalue weighted by molar-refractivity contribution is -0.0440. The maximum absolute atomic E-state index is 5.93. The van der Waals surface area contributed by atoms with E-state index >= 15 is 0 Å². The Morgan fingerprint density at radius 2 is 2.15 bits per heavy atom. The molecule has 13 heavy (non-hydrogen) atoms. The Bertz CT molecular complexity index is 273. The molecule has 0 saturated heterocycles. The van der Waals surface area contributed by atoms with E-state index in [2.05, 4.69) is 39.0 Å². The topological polar surface area (TPSA) is 9.23 Å². The van der Waals surface area contributed by atoms with E-state index in [1.807, 2.05) is 0 Å². The van der Waals surface area contributed by atoms with Gasteiger partial charge >= 0.3 is 0 Å². The molecule has 1 heterocycles. The van der Waals surface area contributed by atoms with Crippen LogP contribution in [0.15, 0.2) is 23.8 Å². The van der Waals surface area contributed by atoms with Crippen LogP contribution >= 0.6 is 0 Å². The maximum Gasteiger partial charge on any atom is 0.113 e. The van der Waals surface area contributed by atoms with Gasteiger partial charge < -0.3 is 4.74 Å². The van der Waals surface area contributed by atoms with Crippen LogP contribution in [0.1, 0.15) is 33.6 Å². The first-order valence-corrected chi connectivity index (χ1v) is 5.07. The fraction of sp³-hybridized carbons (Fsp3) is 0.667. The van der Waals surface area contributed by atoms with Crippen molar-refractivity contribution in [2.45, 2.75) is 39.2 Å². The van der Waals surface area contributed by atoms with E-state index in [0.717, 1.165) is 6.61 Å². The lowest BCUT2D eigenvalue weighted by atomic mass is 9.65. The van der Waals surface area contributed by atoms with Crippen molar-refractivity contribution >= 4 is 0 Å². The Balaban J connectivity index is 2.45. The molecule has 1 aliphatic carbocycles. The molecule has 0 bridgehead atoms. The van der Waals surface area contributed by atoms with Gasteiger partial charge in [0.1, 0.15) is 5.60 Å². The minimum atomic E-state index is -0.0920. The molecule has 0 unspecified atom stereocenters. The third-order valence-electron chi connectivity index (χ3n) is 3.57. The van der Waals surface area contributed by atoms with E-state index < -0.39 is 0 Å². The van der Waals surface area contributed by atoms with E-state index in [4.69, 9.17) is 4.74 Å². The van der Waals surface area contributed by atoms with Gasteiger partial charge in [-0.2, -0.15) is 0 Å². The normalized spacial score (nSPS) is 36.7. The molecule has 1 nitrogen and oxygen atoms in total. The van der Waals surface area contributed by atoms with Crippen molar-refractivity contribution in [1.82, 2.24) is 0 Å². The Morgan fingerprint density at radius 3 is 2.69 bits per heavy atom. The Labute approximate surface area is 80.5 Å². The van der Waals surface area contributed by atoms with E-state index in [-0.39, 0.29) is 11.0 Å². The molecule has 1 aliphatic heterocycles. The zero-order chi connectivity index (χ0) is 9.53. The largest absolute Gasteiger partial charge is 0.362 e. The van der Waals surface area contributed by atoms with Gasteiger partial charge in [0, 0.05) is 5.41 Å². The second kappa shape index (κ2) is 2.71. The summed E-state index contributed by atoms with van der Waals surface area (Å²) in [6, 6.07) is 0. The van der Waals surface area contributed by atoms with Gasteiger partial charge in [-0.3, -0.25) is 0 Å². The average molecular weight is 178 g/mol. The first-order valence-electron chi connectivity index (χ1n) is 5.07. The predicted molar refractivity (Wildman–Crippen MR) is 54.6 cm³/mol. The maximum atomic E-state index is 5.93. The minimum Gasteiger partial charge on any atom is -0.362 e. The predicted octanol–water partition coefficient (Wildman–Crippen LogP) is 3.08. The molecule has 0 aromatic carbocycles. The van der Waals surface area contributed by atoms with Crippen LogP contribution < -0.4 is 0 Å². The highest BCUT2D eigenvalue weighted by Crippen LogP contribution is 2.49. The van der Waals surface area contributed by atoms with Crippen LogP contribution in [0, 0.1) is 5.41 Å². The van der Waals surface area contributed by atoms with Crippen LogP contribution in [0.25, 0.3) is 0 Å². The minimum absolute atomic E-state index is 0.0920. The summed E-state index contributed by atoms with van der Waals surface area (Å²) in [6.07, 6.45) is 9.12. The van der Waals surface area contributed by atoms with Crippen molar-refractivity contribution in [2.75, 3.05) is 6.61 Å². The van der Waals surface area contributed by atoms with Crippen molar-refractivity contribution in [1.29, 1.82) is 0 Å². The number of rotatable bonds is 0. The van der Waals surface area contributed by atoms with Gasteiger partial charge in [-0.05, 0) is 31.4 Å². The number of ether oxygens (including phenoxy) is 1. The van der Waals surface area contributed by atoms with Gasteiger partial charge in [0.15, 0.2) is 0 Å². The number of hydrogen-bond acceptors (Lipinski definition) is 1. The number of allylic oxidation sites excluding steroid dienone is 1. The van der Waals surface area contributed by atoms with Gasteiger partial charge in [-0.25, -0.2) is 0 Å². The molecule has 2 rings (SSSR count). The van der Waals surface area contributed by atoms with E-state index in [1.54, 1.807) is 0 Å². The summed E-state index contributed by atoms with van der Waals surface area (Å²) in [5.74, 6) is 0. The van der Waals surface area contributed by atoms with Gasteiger partial charge in [0.2, 0.25) is 0 Å². The number of hydrogen-bond donors (Lipinski definition) is 0. The van der Waals surface area contributed by atoms with Crippen LogP contribution in [0.2, 0.25) is 0 Å². The lowest BCUT2D eigenvalue weighted by Crippen LogP contribution is -2.46. The van der Waals surface area contributed by atoms with E-state index in [9.17, 15) is 0 Å². The summed E-state index contributed by atoms with van der Waals surface area (Å²) in [5, 5.41) is 0.